The zero-order valence-corrected chi connectivity index (χ0v) is 19.3. The molecular formula is C26H24FN3O2S. The predicted octanol–water partition coefficient (Wildman–Crippen LogP) is 5.14. The molecule has 0 radical (unpaired) electrons. The molecular weight excluding hydrogens is 437 g/mol. The van der Waals surface area contributed by atoms with Gasteiger partial charge in [-0.15, -0.1) is 11.3 Å². The quantitative estimate of drug-likeness (QED) is 0.447. The van der Waals surface area contributed by atoms with Crippen LogP contribution in [0.5, 0.6) is 0 Å². The summed E-state index contributed by atoms with van der Waals surface area (Å²) in [6.07, 6.45) is 0.739. The molecule has 1 aliphatic heterocycles. The third-order valence-corrected chi connectivity index (χ3v) is 7.30. The molecule has 2 aromatic carbocycles. The second-order valence-electron chi connectivity index (χ2n) is 8.50. The molecule has 2 aromatic heterocycles. The lowest BCUT2D eigenvalue weighted by molar-refractivity contribution is -0.126. The van der Waals surface area contributed by atoms with Crippen molar-refractivity contribution in [1.82, 2.24) is 9.88 Å². The molecule has 0 aliphatic carbocycles. The maximum absolute atomic E-state index is 13.9. The van der Waals surface area contributed by atoms with Gasteiger partial charge in [-0.05, 0) is 60.2 Å². The van der Waals surface area contributed by atoms with E-state index in [1.54, 1.807) is 28.4 Å². The lowest BCUT2D eigenvalue weighted by Gasteiger charge is -2.44. The van der Waals surface area contributed by atoms with Crippen LogP contribution in [-0.2, 0) is 24.3 Å². The van der Waals surface area contributed by atoms with E-state index in [1.807, 2.05) is 60.2 Å². The van der Waals surface area contributed by atoms with E-state index in [9.17, 15) is 14.0 Å². The number of thiophene rings is 1. The fourth-order valence-electron chi connectivity index (χ4n) is 4.58. The molecule has 0 bridgehead atoms. The number of nitrogens with one attached hydrogen (secondary N) is 1. The lowest BCUT2D eigenvalue weighted by Crippen LogP contribution is -2.64. The van der Waals surface area contributed by atoms with Gasteiger partial charge in [0.15, 0.2) is 0 Å². The minimum Gasteiger partial charge on any atom is -0.350 e. The van der Waals surface area contributed by atoms with Crippen molar-refractivity contribution in [2.45, 2.75) is 38.9 Å². The van der Waals surface area contributed by atoms with E-state index in [-0.39, 0.29) is 24.2 Å². The van der Waals surface area contributed by atoms with Gasteiger partial charge in [0.05, 0.1) is 6.54 Å². The number of aryl methyl sites for hydroxylation is 1. The van der Waals surface area contributed by atoms with E-state index in [0.29, 0.717) is 12.2 Å². The summed E-state index contributed by atoms with van der Waals surface area (Å²) in [5.41, 5.74) is 1.99. The highest BCUT2D eigenvalue weighted by molar-refractivity contribution is 7.16. The van der Waals surface area contributed by atoms with Crippen LogP contribution in [0.4, 0.5) is 10.1 Å². The number of benzene rings is 2. The Morgan fingerprint density at radius 3 is 2.67 bits per heavy atom. The van der Waals surface area contributed by atoms with Gasteiger partial charge in [0.1, 0.15) is 21.9 Å². The topological polar surface area (TPSA) is 54.3 Å². The van der Waals surface area contributed by atoms with Crippen LogP contribution in [-0.4, -0.2) is 21.9 Å². The Bertz CT molecular complexity index is 1360. The maximum Gasteiger partial charge on any atom is 0.275 e. The van der Waals surface area contributed by atoms with Crippen molar-refractivity contribution in [3.8, 4) is 0 Å². The largest absolute Gasteiger partial charge is 0.350 e. The van der Waals surface area contributed by atoms with Crippen LogP contribution >= 0.6 is 11.3 Å². The summed E-state index contributed by atoms with van der Waals surface area (Å²) in [5, 5.41) is 5.98. The number of aromatic nitrogens is 1. The van der Waals surface area contributed by atoms with Gasteiger partial charge in [-0.3, -0.25) is 14.5 Å². The molecule has 0 spiro atoms. The molecule has 5 rings (SSSR count). The standard InChI is InChI=1S/C26H24FN3O2S/c1-3-18-6-4-5-7-21(18)30-23(31)22-14-19-12-13-33-24(19)29(22)16-26(30,2)25(32)28-15-17-8-10-20(27)11-9-17/h4-14H,3,15-16H2,1-2H3,(H,28,32)/t26-/m1/s1. The highest BCUT2D eigenvalue weighted by atomic mass is 32.1. The summed E-state index contributed by atoms with van der Waals surface area (Å²) in [4.78, 5) is 30.2. The number of carbonyl (C=O) groups excluding carboxylic acids is 2. The summed E-state index contributed by atoms with van der Waals surface area (Å²) in [6, 6.07) is 17.7. The number of nitrogens with zero attached hydrogens (tertiary/aromatic N) is 2. The molecule has 4 aromatic rings. The zero-order chi connectivity index (χ0) is 23.2. The van der Waals surface area contributed by atoms with Gasteiger partial charge in [0.2, 0.25) is 5.91 Å². The van der Waals surface area contributed by atoms with Crippen LogP contribution < -0.4 is 10.2 Å². The summed E-state index contributed by atoms with van der Waals surface area (Å²) in [7, 11) is 0. The third kappa shape index (κ3) is 3.53. The second-order valence-corrected chi connectivity index (χ2v) is 9.40. The van der Waals surface area contributed by atoms with Gasteiger partial charge >= 0.3 is 0 Å². The minimum atomic E-state index is -1.15. The molecule has 0 fully saturated rings. The van der Waals surface area contributed by atoms with Gasteiger partial charge < -0.3 is 9.88 Å². The Morgan fingerprint density at radius 2 is 1.91 bits per heavy atom. The fourth-order valence-corrected chi connectivity index (χ4v) is 5.47. The first-order valence-electron chi connectivity index (χ1n) is 10.9. The molecule has 3 heterocycles. The predicted molar refractivity (Wildman–Crippen MR) is 129 cm³/mol. The van der Waals surface area contributed by atoms with Gasteiger partial charge in [0.25, 0.3) is 5.91 Å². The SMILES string of the molecule is CCc1ccccc1N1C(=O)c2cc3ccsc3n2C[C@]1(C)C(=O)NCc1ccc(F)cc1. The maximum atomic E-state index is 13.9. The Labute approximate surface area is 195 Å². The minimum absolute atomic E-state index is 0.190. The molecule has 0 unspecified atom stereocenters. The van der Waals surface area contributed by atoms with Crippen LogP contribution in [0.3, 0.4) is 0 Å². The summed E-state index contributed by atoms with van der Waals surface area (Å²) >= 11 is 1.56. The highest BCUT2D eigenvalue weighted by Gasteiger charge is 2.49. The number of halogens is 1. The third-order valence-electron chi connectivity index (χ3n) is 6.35. The number of hydrogen-bond donors (Lipinski definition) is 1. The molecule has 2 amide bonds. The molecule has 33 heavy (non-hydrogen) atoms. The molecule has 5 nitrogen and oxygen atoms in total. The van der Waals surface area contributed by atoms with Crippen molar-refractivity contribution in [2.75, 3.05) is 4.90 Å². The monoisotopic (exact) mass is 461 g/mol. The van der Waals surface area contributed by atoms with Gasteiger partial charge in [-0.25, -0.2) is 4.39 Å². The number of anilines is 1. The molecule has 1 atom stereocenters. The number of hydrogen-bond acceptors (Lipinski definition) is 3. The van der Waals surface area contributed by atoms with Crippen LogP contribution in [0.2, 0.25) is 0 Å². The zero-order valence-electron chi connectivity index (χ0n) is 18.5. The number of para-hydroxylation sites is 1. The van der Waals surface area contributed by atoms with E-state index in [2.05, 4.69) is 5.32 Å². The molecule has 0 saturated heterocycles. The lowest BCUT2D eigenvalue weighted by atomic mass is 9.92. The number of carbonyl (C=O) groups is 2. The van der Waals surface area contributed by atoms with E-state index in [0.717, 1.165) is 33.5 Å². The molecule has 0 saturated carbocycles. The summed E-state index contributed by atoms with van der Waals surface area (Å²) < 4.78 is 15.2. The number of amides is 2. The first kappa shape index (κ1) is 21.4. The highest BCUT2D eigenvalue weighted by Crippen LogP contribution is 2.38. The van der Waals surface area contributed by atoms with Crippen molar-refractivity contribution in [2.24, 2.45) is 0 Å². The average molecular weight is 462 g/mol. The van der Waals surface area contributed by atoms with E-state index in [1.165, 1.54) is 12.1 Å². The molecule has 168 valence electrons. The Kier molecular flexibility index (Phi) is 5.29. The van der Waals surface area contributed by atoms with Crippen molar-refractivity contribution in [3.05, 3.63) is 88.7 Å². The van der Waals surface area contributed by atoms with Gasteiger partial charge in [-0.1, -0.05) is 37.3 Å². The van der Waals surface area contributed by atoms with Gasteiger partial charge in [0, 0.05) is 17.6 Å². The Balaban J connectivity index is 1.58. The van der Waals surface area contributed by atoms with Crippen molar-refractivity contribution >= 4 is 39.1 Å². The van der Waals surface area contributed by atoms with E-state index < -0.39 is 5.54 Å². The first-order valence-corrected chi connectivity index (χ1v) is 11.8. The second kappa shape index (κ2) is 8.15. The van der Waals surface area contributed by atoms with E-state index in [4.69, 9.17) is 0 Å². The Hall–Kier alpha value is -3.45. The molecule has 1 aliphatic rings. The fraction of sp³-hybridized carbons (Fsp3) is 0.231. The number of fused-ring (bicyclic) bond motifs is 3. The summed E-state index contributed by atoms with van der Waals surface area (Å²) in [5.74, 6) is -0.766. The van der Waals surface area contributed by atoms with Crippen molar-refractivity contribution in [3.63, 3.8) is 0 Å². The van der Waals surface area contributed by atoms with Crippen LogP contribution in [0.15, 0.2) is 66.0 Å². The van der Waals surface area contributed by atoms with Crippen molar-refractivity contribution < 1.29 is 14.0 Å². The number of rotatable bonds is 5. The van der Waals surface area contributed by atoms with Crippen LogP contribution in [0.25, 0.3) is 10.2 Å². The van der Waals surface area contributed by atoms with Crippen LogP contribution in [0, 0.1) is 5.82 Å². The van der Waals surface area contributed by atoms with Crippen molar-refractivity contribution in [1.29, 1.82) is 0 Å². The van der Waals surface area contributed by atoms with Crippen LogP contribution in [0.1, 0.15) is 35.5 Å². The van der Waals surface area contributed by atoms with Gasteiger partial charge in [-0.2, -0.15) is 0 Å². The normalized spacial score (nSPS) is 17.9. The molecule has 1 N–H and O–H groups in total. The Morgan fingerprint density at radius 1 is 1.15 bits per heavy atom. The van der Waals surface area contributed by atoms with E-state index >= 15 is 0 Å². The average Bonchev–Trinajstić information content (AvgIpc) is 3.41. The smallest absolute Gasteiger partial charge is 0.275 e. The first-order chi connectivity index (χ1) is 15.9. The molecule has 7 heteroatoms. The summed E-state index contributed by atoms with van der Waals surface area (Å²) in [6.45, 7) is 4.45.